The van der Waals surface area contributed by atoms with Crippen molar-refractivity contribution >= 4 is 64.6 Å². The molecule has 0 atom stereocenters. The molecule has 0 heteroatoms. The molecule has 0 radical (unpaired) electrons. The van der Waals surface area contributed by atoms with E-state index in [0.717, 1.165) is 0 Å². The lowest BCUT2D eigenvalue weighted by molar-refractivity contribution is 1.51. The molecule has 0 saturated carbocycles. The highest BCUT2D eigenvalue weighted by atomic mass is 14.2. The minimum atomic E-state index is 1.20. The number of hydrogen-bond acceptors (Lipinski definition) is 0. The molecule has 12 aromatic carbocycles. The van der Waals surface area contributed by atoms with Crippen LogP contribution in [-0.4, -0.2) is 0 Å². The molecule has 0 bridgehead atoms. The van der Waals surface area contributed by atoms with E-state index < -0.39 is 0 Å². The summed E-state index contributed by atoms with van der Waals surface area (Å²) in [5.41, 5.74) is 13.5. The van der Waals surface area contributed by atoms with Gasteiger partial charge >= 0.3 is 0 Å². The number of aryl methyl sites for hydroxylation is 1. The molecule has 0 heterocycles. The van der Waals surface area contributed by atoms with Crippen LogP contribution >= 0.6 is 0 Å². The zero-order valence-corrected chi connectivity index (χ0v) is 33.9. The fourth-order valence-electron chi connectivity index (χ4n) is 9.81. The minimum absolute atomic E-state index is 1.20. The molecule has 0 fully saturated rings. The molecular weight excluding hydrogens is 733 g/mol. The molecule has 0 saturated heterocycles. The van der Waals surface area contributed by atoms with Gasteiger partial charge in [0.05, 0.1) is 0 Å². The first kappa shape index (κ1) is 35.2. The molecule has 284 valence electrons. The first-order chi connectivity index (χ1) is 30.1. The van der Waals surface area contributed by atoms with Crippen molar-refractivity contribution in [3.63, 3.8) is 0 Å². The molecule has 0 amide bonds. The van der Waals surface area contributed by atoms with Crippen LogP contribution in [0.5, 0.6) is 0 Å². The topological polar surface area (TPSA) is 0 Å². The van der Waals surface area contributed by atoms with E-state index in [4.69, 9.17) is 0 Å². The number of rotatable bonds is 5. The van der Waals surface area contributed by atoms with Crippen LogP contribution in [0, 0.1) is 6.92 Å². The van der Waals surface area contributed by atoms with E-state index in [1.807, 2.05) is 0 Å². The lowest BCUT2D eigenvalue weighted by Crippen LogP contribution is -1.87. The van der Waals surface area contributed by atoms with Gasteiger partial charge in [-0.3, -0.25) is 0 Å². The summed E-state index contributed by atoms with van der Waals surface area (Å²) in [4.78, 5) is 0. The molecule has 0 aliphatic heterocycles. The Kier molecular flexibility index (Phi) is 8.18. The molecule has 0 unspecified atom stereocenters. The Morgan fingerprint density at radius 2 is 0.426 bits per heavy atom. The molecule has 0 N–H and O–H groups in total. The Labute approximate surface area is 355 Å². The van der Waals surface area contributed by atoms with Crippen LogP contribution < -0.4 is 0 Å². The number of fused-ring (bicyclic) bond motifs is 12. The number of benzene rings is 12. The van der Waals surface area contributed by atoms with E-state index in [2.05, 4.69) is 231 Å². The fourth-order valence-corrected chi connectivity index (χ4v) is 9.81. The van der Waals surface area contributed by atoms with Crippen LogP contribution in [0.15, 0.2) is 224 Å². The Hall–Kier alpha value is -7.80. The summed E-state index contributed by atoms with van der Waals surface area (Å²) in [6, 6.07) is 83.1. The van der Waals surface area contributed by atoms with Crippen molar-refractivity contribution in [2.45, 2.75) is 6.92 Å². The van der Waals surface area contributed by atoms with Crippen LogP contribution in [-0.2, 0) is 0 Å². The average molecular weight is 773 g/mol. The third-order valence-corrected chi connectivity index (χ3v) is 12.9. The van der Waals surface area contributed by atoms with Gasteiger partial charge in [0.15, 0.2) is 0 Å². The van der Waals surface area contributed by atoms with Crippen molar-refractivity contribution in [1.29, 1.82) is 0 Å². The van der Waals surface area contributed by atoms with Crippen LogP contribution in [0.25, 0.3) is 120 Å². The van der Waals surface area contributed by atoms with E-state index in [0.29, 0.717) is 0 Å². The van der Waals surface area contributed by atoms with Gasteiger partial charge in [0.2, 0.25) is 0 Å². The normalized spacial score (nSPS) is 11.7. The molecule has 0 spiro atoms. The smallest absolute Gasteiger partial charge is 0.00928 e. The maximum absolute atomic E-state index is 2.39. The second kappa shape index (κ2) is 14.2. The summed E-state index contributed by atoms with van der Waals surface area (Å²) in [5, 5.41) is 15.5. The quantitative estimate of drug-likeness (QED) is 0.153. The molecule has 0 aliphatic rings. The SMILES string of the molecule is Cc1ccc2c3ccccc3c3cc(-c4cccc(-c5ccc(-c6cccc(-c7ccc8c9cc(-c%10ccccc%10)ccc9c9ccccc9c8c7)c6)cc5)c4)ccc3c2c1. The van der Waals surface area contributed by atoms with Gasteiger partial charge in [0.1, 0.15) is 0 Å². The predicted molar refractivity (Wildman–Crippen MR) is 263 cm³/mol. The lowest BCUT2D eigenvalue weighted by atomic mass is 9.90. The zero-order valence-electron chi connectivity index (χ0n) is 33.9. The van der Waals surface area contributed by atoms with Crippen molar-refractivity contribution in [2.24, 2.45) is 0 Å². The standard InChI is InChI=1S/C61H40/c1-39-21-29-54-50-17-5-7-19-52(50)59-37-48(27-31-56(59)58(54)33-39)45-15-9-13-43(34-45)41-22-24-42(25-23-41)44-14-10-16-46(35-44)49-28-32-57-60(38-49)53-20-8-6-18-51(53)55-30-26-47(36-61(55)57)40-11-3-2-4-12-40/h2-38H,1H3. The van der Waals surface area contributed by atoms with Crippen molar-refractivity contribution in [2.75, 3.05) is 0 Å². The third kappa shape index (κ3) is 5.99. The number of hydrogen-bond donors (Lipinski definition) is 0. The molecule has 12 rings (SSSR count). The first-order valence-corrected chi connectivity index (χ1v) is 21.2. The maximum Gasteiger partial charge on any atom is -0.00928 e. The van der Waals surface area contributed by atoms with Crippen molar-refractivity contribution in [3.05, 3.63) is 230 Å². The Bertz CT molecular complexity index is 3680. The lowest BCUT2D eigenvalue weighted by Gasteiger charge is -2.14. The van der Waals surface area contributed by atoms with E-state index in [1.165, 1.54) is 126 Å². The maximum atomic E-state index is 2.39. The van der Waals surface area contributed by atoms with Gasteiger partial charge in [-0.1, -0.05) is 200 Å². The van der Waals surface area contributed by atoms with E-state index in [1.54, 1.807) is 0 Å². The van der Waals surface area contributed by atoms with Gasteiger partial charge in [-0.2, -0.15) is 0 Å². The second-order valence-corrected chi connectivity index (χ2v) is 16.5. The minimum Gasteiger partial charge on any atom is -0.0622 e. The summed E-state index contributed by atoms with van der Waals surface area (Å²) in [5.74, 6) is 0. The highest BCUT2D eigenvalue weighted by Crippen LogP contribution is 2.41. The highest BCUT2D eigenvalue weighted by Gasteiger charge is 2.14. The van der Waals surface area contributed by atoms with Crippen LogP contribution in [0.1, 0.15) is 5.56 Å². The van der Waals surface area contributed by atoms with E-state index in [9.17, 15) is 0 Å². The summed E-state index contributed by atoms with van der Waals surface area (Å²) in [6.45, 7) is 2.18. The van der Waals surface area contributed by atoms with Gasteiger partial charge in [-0.05, 0) is 158 Å². The summed E-state index contributed by atoms with van der Waals surface area (Å²) >= 11 is 0. The Morgan fingerprint density at radius 3 is 0.885 bits per heavy atom. The third-order valence-electron chi connectivity index (χ3n) is 12.9. The monoisotopic (exact) mass is 772 g/mol. The fraction of sp³-hybridized carbons (Fsp3) is 0.0164. The van der Waals surface area contributed by atoms with Crippen LogP contribution in [0.3, 0.4) is 0 Å². The summed E-state index contributed by atoms with van der Waals surface area (Å²) in [7, 11) is 0. The van der Waals surface area contributed by atoms with Gasteiger partial charge in [0.25, 0.3) is 0 Å². The van der Waals surface area contributed by atoms with Crippen LogP contribution in [0.2, 0.25) is 0 Å². The highest BCUT2D eigenvalue weighted by molar-refractivity contribution is 6.27. The van der Waals surface area contributed by atoms with E-state index >= 15 is 0 Å². The predicted octanol–water partition coefficient (Wildman–Crippen LogP) is 17.2. The van der Waals surface area contributed by atoms with Crippen LogP contribution in [0.4, 0.5) is 0 Å². The zero-order chi connectivity index (χ0) is 40.4. The first-order valence-electron chi connectivity index (χ1n) is 21.2. The molecule has 12 aromatic rings. The molecule has 61 heavy (non-hydrogen) atoms. The van der Waals surface area contributed by atoms with Crippen molar-refractivity contribution < 1.29 is 0 Å². The van der Waals surface area contributed by atoms with E-state index in [-0.39, 0.29) is 0 Å². The van der Waals surface area contributed by atoms with Gasteiger partial charge < -0.3 is 0 Å². The molecular formula is C61H40. The van der Waals surface area contributed by atoms with Gasteiger partial charge in [0, 0.05) is 0 Å². The molecule has 0 aromatic heterocycles. The largest absolute Gasteiger partial charge is 0.0622 e. The average Bonchev–Trinajstić information content (AvgIpc) is 3.34. The van der Waals surface area contributed by atoms with Gasteiger partial charge in [-0.25, -0.2) is 0 Å². The Morgan fingerprint density at radius 1 is 0.164 bits per heavy atom. The Balaban J connectivity index is 0.879. The van der Waals surface area contributed by atoms with Gasteiger partial charge in [-0.15, -0.1) is 0 Å². The second-order valence-electron chi connectivity index (χ2n) is 16.5. The molecule has 0 nitrogen and oxygen atoms in total. The summed E-state index contributed by atoms with van der Waals surface area (Å²) < 4.78 is 0. The van der Waals surface area contributed by atoms with Crippen molar-refractivity contribution in [1.82, 2.24) is 0 Å². The summed E-state index contributed by atoms with van der Waals surface area (Å²) in [6.07, 6.45) is 0. The van der Waals surface area contributed by atoms with Crippen molar-refractivity contribution in [3.8, 4) is 55.6 Å². The molecule has 0 aliphatic carbocycles.